The summed E-state index contributed by atoms with van der Waals surface area (Å²) in [4.78, 5) is 0. The maximum atomic E-state index is 9.28. The Kier molecular flexibility index (Phi) is 2.04. The molecule has 0 aliphatic carbocycles. The lowest BCUT2D eigenvalue weighted by atomic mass is 9.95. The molecule has 4 heteroatoms. The standard InChI is InChI=1S/C10H11N3O/c1-10(7-11-13-12-10)6-8-3-2-4-9(14)5-8/h2-5,7,14H,6H2,1H3. The Hall–Kier alpha value is -1.71. The fraction of sp³-hybridized carbons (Fsp3) is 0.300. The highest BCUT2D eigenvalue weighted by Gasteiger charge is 2.25. The minimum atomic E-state index is -0.353. The van der Waals surface area contributed by atoms with Gasteiger partial charge >= 0.3 is 0 Å². The van der Waals surface area contributed by atoms with Crippen molar-refractivity contribution in [2.75, 3.05) is 0 Å². The molecule has 1 unspecified atom stereocenters. The fourth-order valence-electron chi connectivity index (χ4n) is 1.46. The SMILES string of the molecule is CC1(Cc2cccc(O)c2)C=NN=N1. The van der Waals surface area contributed by atoms with Crippen molar-refractivity contribution in [1.82, 2.24) is 0 Å². The van der Waals surface area contributed by atoms with Gasteiger partial charge in [0.05, 0.1) is 6.21 Å². The zero-order chi connectivity index (χ0) is 10.0. The predicted molar refractivity (Wildman–Crippen MR) is 53.6 cm³/mol. The number of hydrogen-bond donors (Lipinski definition) is 1. The van der Waals surface area contributed by atoms with Gasteiger partial charge in [0.25, 0.3) is 0 Å². The van der Waals surface area contributed by atoms with Gasteiger partial charge in [-0.2, -0.15) is 5.11 Å². The summed E-state index contributed by atoms with van der Waals surface area (Å²) in [5.41, 5.74) is 0.674. The van der Waals surface area contributed by atoms with Gasteiger partial charge in [-0.25, -0.2) is 0 Å². The molecule has 0 fully saturated rings. The van der Waals surface area contributed by atoms with E-state index in [0.29, 0.717) is 6.42 Å². The molecular formula is C10H11N3O. The minimum Gasteiger partial charge on any atom is -0.508 e. The summed E-state index contributed by atoms with van der Waals surface area (Å²) in [6, 6.07) is 7.15. The molecule has 0 radical (unpaired) electrons. The molecule has 14 heavy (non-hydrogen) atoms. The van der Waals surface area contributed by atoms with Gasteiger partial charge in [-0.05, 0) is 29.8 Å². The molecule has 1 aliphatic heterocycles. The second-order valence-electron chi connectivity index (χ2n) is 3.64. The van der Waals surface area contributed by atoms with Crippen molar-refractivity contribution in [3.05, 3.63) is 29.8 Å². The van der Waals surface area contributed by atoms with Crippen molar-refractivity contribution in [1.29, 1.82) is 0 Å². The fourth-order valence-corrected chi connectivity index (χ4v) is 1.46. The van der Waals surface area contributed by atoms with E-state index in [1.807, 2.05) is 19.1 Å². The molecule has 0 saturated heterocycles. The molecule has 2 rings (SSSR count). The smallest absolute Gasteiger partial charge is 0.122 e. The van der Waals surface area contributed by atoms with E-state index < -0.39 is 0 Å². The summed E-state index contributed by atoms with van der Waals surface area (Å²) in [5.74, 6) is 0.276. The molecule has 0 aromatic heterocycles. The number of rotatable bonds is 2. The first-order valence-corrected chi connectivity index (χ1v) is 4.42. The average Bonchev–Trinajstić information content (AvgIpc) is 2.51. The van der Waals surface area contributed by atoms with E-state index in [1.54, 1.807) is 18.3 Å². The largest absolute Gasteiger partial charge is 0.508 e. The van der Waals surface area contributed by atoms with E-state index in [4.69, 9.17) is 0 Å². The van der Waals surface area contributed by atoms with Crippen LogP contribution in [0.1, 0.15) is 12.5 Å². The predicted octanol–water partition coefficient (Wildman–Crippen LogP) is 2.14. The van der Waals surface area contributed by atoms with Crippen molar-refractivity contribution in [3.8, 4) is 5.75 Å². The van der Waals surface area contributed by atoms with Crippen LogP contribution in [0.25, 0.3) is 0 Å². The average molecular weight is 189 g/mol. The molecule has 0 amide bonds. The maximum absolute atomic E-state index is 9.28. The van der Waals surface area contributed by atoms with Crippen molar-refractivity contribution >= 4 is 6.21 Å². The van der Waals surface area contributed by atoms with Gasteiger partial charge in [0.2, 0.25) is 0 Å². The maximum Gasteiger partial charge on any atom is 0.122 e. The van der Waals surface area contributed by atoms with E-state index in [1.165, 1.54) is 0 Å². The summed E-state index contributed by atoms with van der Waals surface area (Å²) in [7, 11) is 0. The Morgan fingerprint density at radius 2 is 2.29 bits per heavy atom. The Bertz CT molecular complexity index is 386. The number of hydrogen-bond acceptors (Lipinski definition) is 4. The lowest BCUT2D eigenvalue weighted by Crippen LogP contribution is -2.24. The second kappa shape index (κ2) is 3.21. The van der Waals surface area contributed by atoms with Crippen LogP contribution in [-0.2, 0) is 6.42 Å². The van der Waals surface area contributed by atoms with Crippen LogP contribution in [0, 0.1) is 0 Å². The van der Waals surface area contributed by atoms with Crippen LogP contribution in [0.2, 0.25) is 0 Å². The summed E-state index contributed by atoms with van der Waals surface area (Å²) in [6.45, 7) is 1.96. The van der Waals surface area contributed by atoms with Gasteiger partial charge in [0, 0.05) is 6.42 Å². The third-order valence-electron chi connectivity index (χ3n) is 2.13. The van der Waals surface area contributed by atoms with E-state index in [0.717, 1.165) is 5.56 Å². The Balaban J connectivity index is 2.18. The van der Waals surface area contributed by atoms with Gasteiger partial charge in [0.1, 0.15) is 11.3 Å². The Labute approximate surface area is 82.0 Å². The topological polar surface area (TPSA) is 57.3 Å². The van der Waals surface area contributed by atoms with Crippen molar-refractivity contribution in [3.63, 3.8) is 0 Å². The number of phenols is 1. The van der Waals surface area contributed by atoms with Crippen molar-refractivity contribution in [2.45, 2.75) is 18.9 Å². The summed E-state index contributed by atoms with van der Waals surface area (Å²) in [6.07, 6.45) is 2.42. The molecule has 1 aliphatic rings. The summed E-state index contributed by atoms with van der Waals surface area (Å²) < 4.78 is 0. The number of nitrogens with zero attached hydrogens (tertiary/aromatic N) is 3. The van der Waals surface area contributed by atoms with Gasteiger partial charge in [-0.3, -0.25) is 0 Å². The molecule has 1 aromatic rings. The highest BCUT2D eigenvalue weighted by Crippen LogP contribution is 2.21. The summed E-state index contributed by atoms with van der Waals surface area (Å²) >= 11 is 0. The molecule has 0 saturated carbocycles. The first kappa shape index (κ1) is 8.87. The second-order valence-corrected chi connectivity index (χ2v) is 3.64. The van der Waals surface area contributed by atoms with Crippen LogP contribution >= 0.6 is 0 Å². The molecule has 0 bridgehead atoms. The van der Waals surface area contributed by atoms with Crippen LogP contribution in [0.3, 0.4) is 0 Å². The van der Waals surface area contributed by atoms with Crippen LogP contribution < -0.4 is 0 Å². The third-order valence-corrected chi connectivity index (χ3v) is 2.13. The number of phenolic OH excluding ortho intramolecular Hbond substituents is 1. The lowest BCUT2D eigenvalue weighted by molar-refractivity contribution is 0.474. The van der Waals surface area contributed by atoms with Crippen LogP contribution in [-0.4, -0.2) is 16.9 Å². The normalized spacial score (nSPS) is 24.4. The first-order valence-electron chi connectivity index (χ1n) is 4.42. The Morgan fingerprint density at radius 3 is 2.93 bits per heavy atom. The van der Waals surface area contributed by atoms with Crippen LogP contribution in [0.5, 0.6) is 5.75 Å². The first-order chi connectivity index (χ1) is 6.68. The molecule has 1 aromatic carbocycles. The third kappa shape index (κ3) is 1.79. The van der Waals surface area contributed by atoms with E-state index in [-0.39, 0.29) is 11.3 Å². The molecule has 0 spiro atoms. The summed E-state index contributed by atoms with van der Waals surface area (Å²) in [5, 5.41) is 20.6. The molecule has 1 N–H and O–H groups in total. The number of benzene rings is 1. The van der Waals surface area contributed by atoms with Crippen LogP contribution in [0.4, 0.5) is 0 Å². The molecular weight excluding hydrogens is 178 g/mol. The molecule has 1 heterocycles. The molecule has 72 valence electrons. The van der Waals surface area contributed by atoms with Gasteiger partial charge in [0.15, 0.2) is 0 Å². The van der Waals surface area contributed by atoms with E-state index in [9.17, 15) is 5.11 Å². The zero-order valence-electron chi connectivity index (χ0n) is 7.88. The number of aromatic hydroxyl groups is 1. The van der Waals surface area contributed by atoms with Crippen molar-refractivity contribution < 1.29 is 5.11 Å². The Morgan fingerprint density at radius 1 is 1.43 bits per heavy atom. The van der Waals surface area contributed by atoms with Gasteiger partial charge < -0.3 is 5.11 Å². The van der Waals surface area contributed by atoms with Crippen LogP contribution in [0.15, 0.2) is 39.7 Å². The highest BCUT2D eigenvalue weighted by atomic mass is 16.3. The quantitative estimate of drug-likeness (QED) is 0.761. The zero-order valence-corrected chi connectivity index (χ0v) is 7.88. The monoisotopic (exact) mass is 189 g/mol. The minimum absolute atomic E-state index is 0.276. The van der Waals surface area contributed by atoms with Gasteiger partial charge in [-0.1, -0.05) is 12.1 Å². The van der Waals surface area contributed by atoms with E-state index >= 15 is 0 Å². The molecule has 4 nitrogen and oxygen atoms in total. The van der Waals surface area contributed by atoms with Crippen molar-refractivity contribution in [2.24, 2.45) is 15.4 Å². The lowest BCUT2D eigenvalue weighted by Gasteiger charge is -2.14. The highest BCUT2D eigenvalue weighted by molar-refractivity contribution is 5.71. The van der Waals surface area contributed by atoms with E-state index in [2.05, 4.69) is 15.4 Å². The van der Waals surface area contributed by atoms with Gasteiger partial charge in [-0.15, -0.1) is 5.10 Å². The molecule has 1 atom stereocenters.